The van der Waals surface area contributed by atoms with Gasteiger partial charge in [-0.3, -0.25) is 4.79 Å². The van der Waals surface area contributed by atoms with Crippen LogP contribution in [-0.2, 0) is 13.0 Å². The number of hydrogen-bond acceptors (Lipinski definition) is 5. The van der Waals surface area contributed by atoms with Crippen LogP contribution in [0.2, 0.25) is 0 Å². The second-order valence-corrected chi connectivity index (χ2v) is 6.85. The Morgan fingerprint density at radius 3 is 2.37 bits per heavy atom. The van der Waals surface area contributed by atoms with E-state index in [1.807, 2.05) is 28.5 Å². The third kappa shape index (κ3) is 8.15. The molecule has 1 aromatic heterocycles. The maximum atomic E-state index is 13.0. The van der Waals surface area contributed by atoms with E-state index in [9.17, 15) is 4.79 Å². The van der Waals surface area contributed by atoms with Crippen molar-refractivity contribution in [1.82, 2.24) is 14.8 Å². The molecule has 27 heavy (non-hydrogen) atoms. The van der Waals surface area contributed by atoms with Crippen LogP contribution < -0.4 is 5.73 Å². The molecule has 2 N–H and O–H groups in total. The van der Waals surface area contributed by atoms with E-state index in [0.717, 1.165) is 36.6 Å². The quantitative estimate of drug-likeness (QED) is 0.623. The monoisotopic (exact) mass is 432 g/mol. The molecule has 0 unspecified atom stereocenters. The molecule has 0 atom stereocenters. The van der Waals surface area contributed by atoms with Crippen LogP contribution in [0.5, 0.6) is 0 Å². The minimum absolute atomic E-state index is 0. The Kier molecular flexibility index (Phi) is 13.3. The third-order valence-electron chi connectivity index (χ3n) is 4.21. The summed E-state index contributed by atoms with van der Waals surface area (Å²) in [6.45, 7) is 8.98. The summed E-state index contributed by atoms with van der Waals surface area (Å²) in [4.78, 5) is 21.7. The maximum absolute atomic E-state index is 13.0. The lowest BCUT2D eigenvalue weighted by atomic mass is 10.2. The van der Waals surface area contributed by atoms with Crippen LogP contribution in [0.15, 0.2) is 35.7 Å². The van der Waals surface area contributed by atoms with Gasteiger partial charge >= 0.3 is 0 Å². The van der Waals surface area contributed by atoms with Crippen LogP contribution in [0, 0.1) is 0 Å². The number of carbonyl (C=O) groups excluding carboxylic acids is 1. The Balaban J connectivity index is 0.00000338. The first-order chi connectivity index (χ1) is 12.2. The van der Waals surface area contributed by atoms with Crippen molar-refractivity contribution in [2.45, 2.75) is 26.8 Å². The van der Waals surface area contributed by atoms with Gasteiger partial charge in [0.15, 0.2) is 0 Å². The van der Waals surface area contributed by atoms with Gasteiger partial charge in [-0.2, -0.15) is 0 Å². The van der Waals surface area contributed by atoms with Crippen molar-refractivity contribution in [3.05, 3.63) is 52.0 Å². The summed E-state index contributed by atoms with van der Waals surface area (Å²) >= 11 is 1.51. The second kappa shape index (κ2) is 13.9. The number of rotatable bonds is 10. The molecular weight excluding hydrogens is 403 g/mol. The molecule has 1 amide bonds. The highest BCUT2D eigenvalue weighted by atomic mass is 35.5. The molecule has 5 nitrogen and oxygen atoms in total. The highest BCUT2D eigenvalue weighted by molar-refractivity contribution is 7.09. The van der Waals surface area contributed by atoms with Crippen LogP contribution in [-0.4, -0.2) is 53.4 Å². The first-order valence-corrected chi connectivity index (χ1v) is 9.75. The fourth-order valence-electron chi connectivity index (χ4n) is 2.67. The maximum Gasteiger partial charge on any atom is 0.273 e. The van der Waals surface area contributed by atoms with E-state index in [-0.39, 0.29) is 30.7 Å². The predicted octanol–water partition coefficient (Wildman–Crippen LogP) is 3.47. The number of aromatic nitrogens is 1. The summed E-state index contributed by atoms with van der Waals surface area (Å²) in [7, 11) is 0. The number of hydrogen-bond donors (Lipinski definition) is 1. The lowest BCUT2D eigenvalue weighted by Gasteiger charge is -2.26. The zero-order valence-corrected chi connectivity index (χ0v) is 18.4. The van der Waals surface area contributed by atoms with E-state index >= 15 is 0 Å². The van der Waals surface area contributed by atoms with Crippen LogP contribution in [0.4, 0.5) is 0 Å². The van der Waals surface area contributed by atoms with E-state index in [1.165, 1.54) is 11.3 Å². The molecule has 0 aliphatic rings. The zero-order valence-electron chi connectivity index (χ0n) is 16.0. The summed E-state index contributed by atoms with van der Waals surface area (Å²) in [6, 6.07) is 10.1. The number of likely N-dealkylation sites (N-methyl/N-ethyl adjacent to an activating group) is 1. The minimum atomic E-state index is -0.00414. The van der Waals surface area contributed by atoms with Crippen LogP contribution in [0.3, 0.4) is 0 Å². The molecule has 1 heterocycles. The molecule has 0 spiro atoms. The third-order valence-corrected chi connectivity index (χ3v) is 5.12. The van der Waals surface area contributed by atoms with Gasteiger partial charge in [-0.05, 0) is 25.2 Å². The van der Waals surface area contributed by atoms with E-state index in [2.05, 4.69) is 35.9 Å². The van der Waals surface area contributed by atoms with E-state index in [0.29, 0.717) is 25.3 Å². The average Bonchev–Trinajstić information content (AvgIpc) is 3.11. The SMILES string of the molecule is CCN(CC)CCN(Cc1ccccc1)C(=O)c1csc(CCN)n1.Cl.Cl. The summed E-state index contributed by atoms with van der Waals surface area (Å²) in [5, 5.41) is 2.78. The molecule has 0 aliphatic heterocycles. The number of amides is 1. The van der Waals surface area contributed by atoms with Crippen molar-refractivity contribution in [2.75, 3.05) is 32.7 Å². The van der Waals surface area contributed by atoms with Gasteiger partial charge in [-0.25, -0.2) is 4.98 Å². The first kappa shape index (κ1) is 25.8. The summed E-state index contributed by atoms with van der Waals surface area (Å²) < 4.78 is 0. The predicted molar refractivity (Wildman–Crippen MR) is 118 cm³/mol. The number of carbonyl (C=O) groups is 1. The average molecular weight is 433 g/mol. The van der Waals surface area contributed by atoms with Gasteiger partial charge < -0.3 is 15.5 Å². The summed E-state index contributed by atoms with van der Waals surface area (Å²) in [6.07, 6.45) is 0.718. The highest BCUT2D eigenvalue weighted by Gasteiger charge is 2.19. The molecule has 0 saturated heterocycles. The molecule has 0 saturated carbocycles. The molecule has 0 fully saturated rings. The molecule has 0 radical (unpaired) electrons. The Labute approximate surface area is 178 Å². The van der Waals surface area contributed by atoms with Gasteiger partial charge in [0.2, 0.25) is 0 Å². The van der Waals surface area contributed by atoms with Gasteiger partial charge in [0, 0.05) is 31.4 Å². The Morgan fingerprint density at radius 2 is 1.78 bits per heavy atom. The Hall–Kier alpha value is -1.18. The fraction of sp³-hybridized carbons (Fsp3) is 0.474. The van der Waals surface area contributed by atoms with Crippen LogP contribution in [0.1, 0.15) is 34.9 Å². The molecule has 8 heteroatoms. The Bertz CT molecular complexity index is 650. The van der Waals surface area contributed by atoms with Crippen molar-refractivity contribution in [3.63, 3.8) is 0 Å². The number of halogens is 2. The molecule has 0 bridgehead atoms. The lowest BCUT2D eigenvalue weighted by molar-refractivity contribution is 0.0718. The largest absolute Gasteiger partial charge is 0.332 e. The Morgan fingerprint density at radius 1 is 1.11 bits per heavy atom. The first-order valence-electron chi connectivity index (χ1n) is 8.87. The van der Waals surface area contributed by atoms with Crippen molar-refractivity contribution < 1.29 is 4.79 Å². The van der Waals surface area contributed by atoms with Crippen LogP contribution >= 0.6 is 36.2 Å². The number of nitrogens with zero attached hydrogens (tertiary/aromatic N) is 3. The van der Waals surface area contributed by atoms with Gasteiger partial charge in [-0.1, -0.05) is 44.2 Å². The molecule has 2 aromatic rings. The van der Waals surface area contributed by atoms with Crippen molar-refractivity contribution in [1.29, 1.82) is 0 Å². The topological polar surface area (TPSA) is 62.5 Å². The summed E-state index contributed by atoms with van der Waals surface area (Å²) in [5.41, 5.74) is 7.25. The fourth-order valence-corrected chi connectivity index (χ4v) is 3.46. The van der Waals surface area contributed by atoms with E-state index < -0.39 is 0 Å². The molecule has 2 rings (SSSR count). The molecular formula is C19H30Cl2N4OS. The number of nitrogens with two attached hydrogens (primary N) is 1. The van der Waals surface area contributed by atoms with Crippen molar-refractivity contribution in [2.24, 2.45) is 5.73 Å². The smallest absolute Gasteiger partial charge is 0.273 e. The minimum Gasteiger partial charge on any atom is -0.332 e. The molecule has 1 aromatic carbocycles. The lowest BCUT2D eigenvalue weighted by Crippen LogP contribution is -2.38. The number of benzene rings is 1. The molecule has 0 aliphatic carbocycles. The van der Waals surface area contributed by atoms with Crippen LogP contribution in [0.25, 0.3) is 0 Å². The van der Waals surface area contributed by atoms with Gasteiger partial charge in [0.05, 0.1) is 5.01 Å². The summed E-state index contributed by atoms with van der Waals surface area (Å²) in [5.74, 6) is -0.00414. The van der Waals surface area contributed by atoms with Gasteiger partial charge in [0.1, 0.15) is 5.69 Å². The normalized spacial score (nSPS) is 10.2. The molecule has 152 valence electrons. The number of thiazole rings is 1. The highest BCUT2D eigenvalue weighted by Crippen LogP contribution is 2.14. The van der Waals surface area contributed by atoms with Gasteiger partial charge in [0.25, 0.3) is 5.91 Å². The standard InChI is InChI=1S/C19H28N4OS.2ClH/c1-3-22(4-2)12-13-23(14-16-8-6-5-7-9-16)19(24)17-15-25-18(21-17)10-11-20;;/h5-9,15H,3-4,10-14,20H2,1-2H3;2*1H. The van der Waals surface area contributed by atoms with Gasteiger partial charge in [-0.15, -0.1) is 36.2 Å². The van der Waals surface area contributed by atoms with E-state index in [4.69, 9.17) is 5.73 Å². The zero-order chi connectivity index (χ0) is 18.1. The van der Waals surface area contributed by atoms with Crippen molar-refractivity contribution >= 4 is 42.1 Å². The van der Waals surface area contributed by atoms with Crippen molar-refractivity contribution in [3.8, 4) is 0 Å². The van der Waals surface area contributed by atoms with E-state index in [1.54, 1.807) is 0 Å². The second-order valence-electron chi connectivity index (χ2n) is 5.90.